The van der Waals surface area contributed by atoms with Gasteiger partial charge in [0.15, 0.2) is 0 Å². The zero-order valence-electron chi connectivity index (χ0n) is 13.7. The number of benzene rings is 1. The Balaban J connectivity index is 1.55. The van der Waals surface area contributed by atoms with Crippen molar-refractivity contribution < 1.29 is 14.4 Å². The van der Waals surface area contributed by atoms with Crippen LogP contribution in [0.4, 0.5) is 5.69 Å². The summed E-state index contributed by atoms with van der Waals surface area (Å²) in [6.45, 7) is 6.80. The molecule has 0 saturated carbocycles. The molecular formula is C18H21N3O3. The highest BCUT2D eigenvalue weighted by atomic mass is 16.2. The van der Waals surface area contributed by atoms with Crippen molar-refractivity contribution in [3.8, 4) is 0 Å². The molecule has 24 heavy (non-hydrogen) atoms. The van der Waals surface area contributed by atoms with E-state index in [4.69, 9.17) is 0 Å². The number of nitrogens with one attached hydrogen (secondary N) is 1. The second-order valence-corrected chi connectivity index (χ2v) is 6.32. The highest BCUT2D eigenvalue weighted by Crippen LogP contribution is 2.23. The van der Waals surface area contributed by atoms with Crippen LogP contribution in [0.2, 0.25) is 0 Å². The maximum absolute atomic E-state index is 12.5. The first-order chi connectivity index (χ1) is 11.5. The van der Waals surface area contributed by atoms with Crippen LogP contribution < -0.4 is 10.2 Å². The van der Waals surface area contributed by atoms with Gasteiger partial charge in [0, 0.05) is 25.3 Å². The van der Waals surface area contributed by atoms with E-state index in [1.165, 1.54) is 6.08 Å². The molecule has 2 aliphatic heterocycles. The first-order valence-corrected chi connectivity index (χ1v) is 8.09. The van der Waals surface area contributed by atoms with Gasteiger partial charge in [-0.05, 0) is 31.6 Å². The molecule has 0 bridgehead atoms. The number of carbonyl (C=O) groups is 3. The minimum Gasteiger partial charge on any atom is -0.344 e. The molecule has 126 valence electrons. The number of carbonyl (C=O) groups excluding carboxylic acids is 3. The summed E-state index contributed by atoms with van der Waals surface area (Å²) in [4.78, 5) is 39.4. The van der Waals surface area contributed by atoms with Gasteiger partial charge in [-0.25, -0.2) is 0 Å². The standard InChI is InChI=1S/C18H21N3O3/c1-3-16(22)20-10-13(11-20)17(23)19-15-8-9-21(18(15)24)14-6-4-12(2)5-7-14/h3-7,13,15H,1,8-11H2,2H3,(H,19,23). The number of hydrogen-bond acceptors (Lipinski definition) is 3. The summed E-state index contributed by atoms with van der Waals surface area (Å²) >= 11 is 0. The van der Waals surface area contributed by atoms with E-state index in [0.717, 1.165) is 11.3 Å². The summed E-state index contributed by atoms with van der Waals surface area (Å²) in [5.74, 6) is -0.644. The molecule has 2 aliphatic rings. The number of aryl methyl sites for hydroxylation is 1. The summed E-state index contributed by atoms with van der Waals surface area (Å²) in [6, 6.07) is 7.29. The first-order valence-electron chi connectivity index (χ1n) is 8.09. The van der Waals surface area contributed by atoms with E-state index < -0.39 is 6.04 Å². The Morgan fingerprint density at radius 2 is 1.92 bits per heavy atom. The van der Waals surface area contributed by atoms with Crippen molar-refractivity contribution in [2.75, 3.05) is 24.5 Å². The largest absolute Gasteiger partial charge is 0.344 e. The Morgan fingerprint density at radius 3 is 2.54 bits per heavy atom. The van der Waals surface area contributed by atoms with Crippen LogP contribution in [0.15, 0.2) is 36.9 Å². The fourth-order valence-electron chi connectivity index (χ4n) is 3.04. The molecule has 1 aromatic rings. The monoisotopic (exact) mass is 327 g/mol. The van der Waals surface area contributed by atoms with Crippen molar-refractivity contribution in [2.24, 2.45) is 5.92 Å². The molecule has 3 amide bonds. The summed E-state index contributed by atoms with van der Waals surface area (Å²) in [5.41, 5.74) is 1.99. The first kappa shape index (κ1) is 16.2. The zero-order valence-corrected chi connectivity index (χ0v) is 13.7. The molecule has 1 atom stereocenters. The molecule has 6 heteroatoms. The smallest absolute Gasteiger partial charge is 0.249 e. The third kappa shape index (κ3) is 3.04. The lowest BCUT2D eigenvalue weighted by Crippen LogP contribution is -2.57. The van der Waals surface area contributed by atoms with Gasteiger partial charge in [0.1, 0.15) is 6.04 Å². The van der Waals surface area contributed by atoms with Crippen LogP contribution in [0.3, 0.4) is 0 Å². The van der Waals surface area contributed by atoms with Crippen LogP contribution in [-0.4, -0.2) is 48.3 Å². The number of nitrogens with zero attached hydrogens (tertiary/aromatic N) is 2. The molecule has 2 saturated heterocycles. The molecule has 1 unspecified atom stereocenters. The van der Waals surface area contributed by atoms with Crippen molar-refractivity contribution in [1.82, 2.24) is 10.2 Å². The van der Waals surface area contributed by atoms with Crippen LogP contribution in [0, 0.1) is 12.8 Å². The summed E-state index contributed by atoms with van der Waals surface area (Å²) in [7, 11) is 0. The Labute approximate surface area is 141 Å². The van der Waals surface area contributed by atoms with Crippen LogP contribution in [0.1, 0.15) is 12.0 Å². The Kier molecular flexibility index (Phi) is 4.38. The van der Waals surface area contributed by atoms with Crippen molar-refractivity contribution in [1.29, 1.82) is 0 Å². The number of likely N-dealkylation sites (tertiary alicyclic amines) is 1. The molecule has 0 spiro atoms. The Hall–Kier alpha value is -2.63. The number of rotatable bonds is 4. The Bertz CT molecular complexity index is 677. The second-order valence-electron chi connectivity index (χ2n) is 6.32. The summed E-state index contributed by atoms with van der Waals surface area (Å²) < 4.78 is 0. The van der Waals surface area contributed by atoms with Gasteiger partial charge in [-0.1, -0.05) is 24.3 Å². The summed E-state index contributed by atoms with van der Waals surface area (Å²) in [5, 5.41) is 2.83. The molecule has 1 aromatic carbocycles. The van der Waals surface area contributed by atoms with Crippen LogP contribution in [-0.2, 0) is 14.4 Å². The van der Waals surface area contributed by atoms with Gasteiger partial charge in [-0.15, -0.1) is 0 Å². The minimum absolute atomic E-state index is 0.0782. The zero-order chi connectivity index (χ0) is 17.3. The molecule has 0 aliphatic carbocycles. The normalized spacial score (nSPS) is 20.7. The van der Waals surface area contributed by atoms with Crippen LogP contribution in [0.5, 0.6) is 0 Å². The SMILES string of the molecule is C=CC(=O)N1CC(C(=O)NC2CCN(c3ccc(C)cc3)C2=O)C1. The molecule has 3 rings (SSSR count). The molecule has 6 nitrogen and oxygen atoms in total. The lowest BCUT2D eigenvalue weighted by Gasteiger charge is -2.37. The van der Waals surface area contributed by atoms with E-state index in [1.807, 2.05) is 31.2 Å². The maximum atomic E-state index is 12.5. The van der Waals surface area contributed by atoms with E-state index >= 15 is 0 Å². The maximum Gasteiger partial charge on any atom is 0.249 e. The molecule has 2 fully saturated rings. The van der Waals surface area contributed by atoms with Gasteiger partial charge in [0.2, 0.25) is 17.7 Å². The van der Waals surface area contributed by atoms with Gasteiger partial charge in [0.25, 0.3) is 0 Å². The average Bonchev–Trinajstić information content (AvgIpc) is 2.87. The lowest BCUT2D eigenvalue weighted by atomic mass is 9.98. The fraction of sp³-hybridized carbons (Fsp3) is 0.389. The highest BCUT2D eigenvalue weighted by Gasteiger charge is 2.39. The predicted octanol–water partition coefficient (Wildman–Crippen LogP) is 0.861. The quantitative estimate of drug-likeness (QED) is 0.834. The van der Waals surface area contributed by atoms with Crippen molar-refractivity contribution >= 4 is 23.4 Å². The van der Waals surface area contributed by atoms with Gasteiger partial charge < -0.3 is 15.1 Å². The van der Waals surface area contributed by atoms with E-state index in [1.54, 1.807) is 9.80 Å². The van der Waals surface area contributed by atoms with E-state index in [9.17, 15) is 14.4 Å². The molecule has 0 radical (unpaired) electrons. The van der Waals surface area contributed by atoms with Crippen molar-refractivity contribution in [3.05, 3.63) is 42.5 Å². The number of hydrogen-bond donors (Lipinski definition) is 1. The summed E-state index contributed by atoms with van der Waals surface area (Å²) in [6.07, 6.45) is 1.84. The molecule has 1 N–H and O–H groups in total. The van der Waals surface area contributed by atoms with Gasteiger partial charge >= 0.3 is 0 Å². The fourth-order valence-corrected chi connectivity index (χ4v) is 3.04. The van der Waals surface area contributed by atoms with E-state index in [0.29, 0.717) is 26.1 Å². The van der Waals surface area contributed by atoms with E-state index in [-0.39, 0.29) is 23.6 Å². The third-order valence-corrected chi connectivity index (χ3v) is 4.61. The lowest BCUT2D eigenvalue weighted by molar-refractivity contribution is -0.140. The second kappa shape index (κ2) is 6.47. The van der Waals surface area contributed by atoms with Gasteiger partial charge in [-0.2, -0.15) is 0 Å². The van der Waals surface area contributed by atoms with E-state index in [2.05, 4.69) is 11.9 Å². The average molecular weight is 327 g/mol. The third-order valence-electron chi connectivity index (χ3n) is 4.61. The highest BCUT2D eigenvalue weighted by molar-refractivity contribution is 6.01. The predicted molar refractivity (Wildman–Crippen MR) is 90.3 cm³/mol. The molecule has 2 heterocycles. The van der Waals surface area contributed by atoms with Crippen molar-refractivity contribution in [3.63, 3.8) is 0 Å². The Morgan fingerprint density at radius 1 is 1.25 bits per heavy atom. The van der Waals surface area contributed by atoms with Crippen molar-refractivity contribution in [2.45, 2.75) is 19.4 Å². The van der Waals surface area contributed by atoms with Gasteiger partial charge in [0.05, 0.1) is 5.92 Å². The van der Waals surface area contributed by atoms with Gasteiger partial charge in [-0.3, -0.25) is 14.4 Å². The van der Waals surface area contributed by atoms with Crippen LogP contribution >= 0.6 is 0 Å². The topological polar surface area (TPSA) is 69.7 Å². The van der Waals surface area contributed by atoms with Crippen LogP contribution in [0.25, 0.3) is 0 Å². The molecule has 0 aromatic heterocycles. The minimum atomic E-state index is -0.483. The molecular weight excluding hydrogens is 306 g/mol. The number of anilines is 1. The number of amides is 3.